The summed E-state index contributed by atoms with van der Waals surface area (Å²) in [5.41, 5.74) is -0.951. The third-order valence-electron chi connectivity index (χ3n) is 8.13. The third-order valence-corrected chi connectivity index (χ3v) is 8.13. The Morgan fingerprint density at radius 1 is 1.33 bits per heavy atom. The van der Waals surface area contributed by atoms with E-state index in [1.807, 2.05) is 26.8 Å². The molecule has 2 fully saturated rings. The van der Waals surface area contributed by atoms with E-state index in [9.17, 15) is 24.9 Å². The zero-order valence-corrected chi connectivity index (χ0v) is 16.2. The predicted octanol–water partition coefficient (Wildman–Crippen LogP) is 2.64. The molecular formula is C22H28O5. The molecule has 4 aliphatic rings. The number of ketones is 2. The SMILES string of the molecule is C[C@H]1C[C@H]2[C@@H]3CCC4=CC(=O)C=C[C@]4(C)C3=C(O)C[C@]2(C)[C@@]1(O)C(=O)CO. The predicted molar refractivity (Wildman–Crippen MR) is 99.8 cm³/mol. The third kappa shape index (κ3) is 2.13. The van der Waals surface area contributed by atoms with Crippen molar-refractivity contribution in [1.82, 2.24) is 0 Å². The van der Waals surface area contributed by atoms with Crippen molar-refractivity contribution in [1.29, 1.82) is 0 Å². The Morgan fingerprint density at radius 2 is 2.04 bits per heavy atom. The van der Waals surface area contributed by atoms with Crippen molar-refractivity contribution in [2.24, 2.45) is 28.6 Å². The Balaban J connectivity index is 1.85. The van der Waals surface area contributed by atoms with Crippen molar-refractivity contribution in [2.45, 2.75) is 52.1 Å². The lowest BCUT2D eigenvalue weighted by molar-refractivity contribution is -0.162. The maximum Gasteiger partial charge on any atom is 0.190 e. The fourth-order valence-electron chi connectivity index (χ4n) is 6.76. The van der Waals surface area contributed by atoms with E-state index < -0.39 is 28.8 Å². The normalized spacial score (nSPS) is 45.9. The second-order valence-electron chi connectivity index (χ2n) is 9.30. The van der Waals surface area contributed by atoms with E-state index in [0.717, 1.165) is 24.0 Å². The first-order valence-electron chi connectivity index (χ1n) is 9.83. The smallest absolute Gasteiger partial charge is 0.190 e. The highest BCUT2D eigenvalue weighted by molar-refractivity contribution is 6.01. The Bertz CT molecular complexity index is 821. The summed E-state index contributed by atoms with van der Waals surface area (Å²) < 4.78 is 0. The van der Waals surface area contributed by atoms with Crippen LogP contribution in [-0.4, -0.2) is 39.1 Å². The van der Waals surface area contributed by atoms with Crippen LogP contribution in [0.3, 0.4) is 0 Å². The zero-order chi connectivity index (χ0) is 19.8. The van der Waals surface area contributed by atoms with E-state index in [4.69, 9.17) is 0 Å². The van der Waals surface area contributed by atoms with Crippen LogP contribution in [0.25, 0.3) is 0 Å². The molecule has 0 aromatic carbocycles. The minimum Gasteiger partial charge on any atom is -0.512 e. The lowest BCUT2D eigenvalue weighted by Gasteiger charge is -2.54. The monoisotopic (exact) mass is 372 g/mol. The van der Waals surface area contributed by atoms with E-state index >= 15 is 0 Å². The fourth-order valence-corrected chi connectivity index (χ4v) is 6.76. The Morgan fingerprint density at radius 3 is 2.70 bits per heavy atom. The summed E-state index contributed by atoms with van der Waals surface area (Å²) in [5, 5.41) is 32.0. The molecule has 5 nitrogen and oxygen atoms in total. The maximum atomic E-state index is 12.5. The summed E-state index contributed by atoms with van der Waals surface area (Å²) in [5.74, 6) is -0.534. The Kier molecular flexibility index (Phi) is 3.90. The quantitative estimate of drug-likeness (QED) is 0.693. The molecule has 27 heavy (non-hydrogen) atoms. The molecule has 0 aromatic heterocycles. The summed E-state index contributed by atoms with van der Waals surface area (Å²) in [7, 11) is 0. The van der Waals surface area contributed by atoms with Crippen LogP contribution in [-0.2, 0) is 9.59 Å². The summed E-state index contributed by atoms with van der Waals surface area (Å²) in [6.07, 6.45) is 7.60. The molecule has 5 heteroatoms. The van der Waals surface area contributed by atoms with Crippen LogP contribution in [0, 0.1) is 28.6 Å². The number of hydrogen-bond acceptors (Lipinski definition) is 5. The minimum absolute atomic E-state index is 0.0148. The fraction of sp³-hybridized carbons (Fsp3) is 0.636. The van der Waals surface area contributed by atoms with E-state index in [-0.39, 0.29) is 35.7 Å². The van der Waals surface area contributed by atoms with Crippen molar-refractivity contribution in [3.63, 3.8) is 0 Å². The lowest BCUT2D eigenvalue weighted by atomic mass is 9.51. The lowest BCUT2D eigenvalue weighted by Crippen LogP contribution is -2.58. The molecule has 0 spiro atoms. The van der Waals surface area contributed by atoms with Gasteiger partial charge in [-0.15, -0.1) is 0 Å². The first-order valence-corrected chi connectivity index (χ1v) is 9.83. The molecular weight excluding hydrogens is 344 g/mol. The van der Waals surface area contributed by atoms with Gasteiger partial charge in [0.2, 0.25) is 0 Å². The van der Waals surface area contributed by atoms with Gasteiger partial charge in [0.1, 0.15) is 12.2 Å². The number of fused-ring (bicyclic) bond motifs is 5. The second-order valence-corrected chi connectivity index (χ2v) is 9.30. The van der Waals surface area contributed by atoms with Crippen molar-refractivity contribution >= 4 is 11.6 Å². The molecule has 0 saturated heterocycles. The largest absolute Gasteiger partial charge is 0.512 e. The van der Waals surface area contributed by atoms with Crippen LogP contribution >= 0.6 is 0 Å². The van der Waals surface area contributed by atoms with Crippen LogP contribution in [0.4, 0.5) is 0 Å². The molecule has 0 heterocycles. The van der Waals surface area contributed by atoms with Crippen molar-refractivity contribution in [3.8, 4) is 0 Å². The summed E-state index contributed by atoms with van der Waals surface area (Å²) >= 11 is 0. The van der Waals surface area contributed by atoms with Crippen LogP contribution in [0.1, 0.15) is 46.5 Å². The molecule has 0 unspecified atom stereocenters. The number of aliphatic hydroxyl groups excluding tert-OH is 2. The van der Waals surface area contributed by atoms with Gasteiger partial charge in [-0.25, -0.2) is 0 Å². The van der Waals surface area contributed by atoms with Crippen molar-refractivity contribution in [2.75, 3.05) is 6.61 Å². The molecule has 0 bridgehead atoms. The van der Waals surface area contributed by atoms with Crippen LogP contribution < -0.4 is 0 Å². The highest BCUT2D eigenvalue weighted by Crippen LogP contribution is 2.67. The van der Waals surface area contributed by atoms with Gasteiger partial charge in [0.05, 0.1) is 5.76 Å². The number of carbonyl (C=O) groups is 2. The molecule has 0 radical (unpaired) electrons. The van der Waals surface area contributed by atoms with Gasteiger partial charge in [0.15, 0.2) is 11.6 Å². The molecule has 3 N–H and O–H groups in total. The number of aliphatic hydroxyl groups is 3. The maximum absolute atomic E-state index is 12.5. The van der Waals surface area contributed by atoms with Crippen molar-refractivity contribution in [3.05, 3.63) is 35.1 Å². The highest BCUT2D eigenvalue weighted by atomic mass is 16.3. The number of rotatable bonds is 2. The van der Waals surface area contributed by atoms with E-state index in [2.05, 4.69) is 0 Å². The van der Waals surface area contributed by atoms with Gasteiger partial charge in [0.25, 0.3) is 0 Å². The molecule has 4 aliphatic carbocycles. The minimum atomic E-state index is -1.64. The van der Waals surface area contributed by atoms with Gasteiger partial charge in [-0.3, -0.25) is 9.59 Å². The van der Waals surface area contributed by atoms with Gasteiger partial charge in [-0.05, 0) is 61.7 Å². The molecule has 0 aromatic rings. The van der Waals surface area contributed by atoms with Gasteiger partial charge in [-0.2, -0.15) is 0 Å². The number of carbonyl (C=O) groups excluding carboxylic acids is 2. The summed E-state index contributed by atoms with van der Waals surface area (Å²) in [6, 6.07) is 0. The van der Waals surface area contributed by atoms with Crippen LogP contribution in [0.5, 0.6) is 0 Å². The molecule has 0 amide bonds. The van der Waals surface area contributed by atoms with Gasteiger partial charge < -0.3 is 15.3 Å². The van der Waals surface area contributed by atoms with Crippen molar-refractivity contribution < 1.29 is 24.9 Å². The second kappa shape index (κ2) is 5.65. The van der Waals surface area contributed by atoms with Gasteiger partial charge in [0, 0.05) is 17.3 Å². The number of allylic oxidation sites excluding steroid dienone is 6. The first-order chi connectivity index (χ1) is 12.6. The number of Topliss-reactive ketones (excluding diaryl/α,β-unsaturated/α-hetero) is 1. The van der Waals surface area contributed by atoms with Crippen LogP contribution in [0.2, 0.25) is 0 Å². The summed E-state index contributed by atoms with van der Waals surface area (Å²) in [6.45, 7) is 5.10. The van der Waals surface area contributed by atoms with E-state index in [1.165, 1.54) is 0 Å². The molecule has 0 aliphatic heterocycles. The van der Waals surface area contributed by atoms with E-state index in [0.29, 0.717) is 6.42 Å². The molecule has 4 rings (SSSR count). The van der Waals surface area contributed by atoms with Gasteiger partial charge >= 0.3 is 0 Å². The summed E-state index contributed by atoms with van der Waals surface area (Å²) in [4.78, 5) is 24.4. The first kappa shape index (κ1) is 18.6. The highest BCUT2D eigenvalue weighted by Gasteiger charge is 2.68. The standard InChI is InChI=1S/C22H28O5/c1-12-8-16-15-5-4-13-9-14(24)6-7-20(13,2)19(15)17(25)10-21(16,3)22(12,27)18(26)11-23/h6-7,9,12,15-16,23,25,27H,4-5,8,10-11H2,1-3H3/t12-,15-,16-,20-,21-,22-/m0/s1. The van der Waals surface area contributed by atoms with Crippen LogP contribution in [0.15, 0.2) is 35.1 Å². The zero-order valence-electron chi connectivity index (χ0n) is 16.2. The number of hydrogen-bond donors (Lipinski definition) is 3. The average Bonchev–Trinajstić information content (AvgIpc) is 2.82. The Labute approximate surface area is 159 Å². The Hall–Kier alpha value is -1.72. The molecule has 146 valence electrons. The average molecular weight is 372 g/mol. The topological polar surface area (TPSA) is 94.8 Å². The molecule has 6 atom stereocenters. The van der Waals surface area contributed by atoms with E-state index in [1.54, 1.807) is 12.2 Å². The molecule has 2 saturated carbocycles. The van der Waals surface area contributed by atoms with Gasteiger partial charge in [-0.1, -0.05) is 25.5 Å².